The summed E-state index contributed by atoms with van der Waals surface area (Å²) >= 11 is 1.24. The summed E-state index contributed by atoms with van der Waals surface area (Å²) in [7, 11) is 3.14. The summed E-state index contributed by atoms with van der Waals surface area (Å²) in [5.41, 5.74) is 1.37. The van der Waals surface area contributed by atoms with Crippen molar-refractivity contribution < 1.29 is 14.3 Å². The number of amides is 1. The molecule has 1 heterocycles. The molecule has 24 heavy (non-hydrogen) atoms. The average Bonchev–Trinajstić information content (AvgIpc) is 2.64. The van der Waals surface area contributed by atoms with Gasteiger partial charge in [0.1, 0.15) is 11.1 Å². The number of hydrogen-bond acceptors (Lipinski definition) is 6. The van der Waals surface area contributed by atoms with Crippen molar-refractivity contribution in [3.05, 3.63) is 47.7 Å². The number of nitrogens with zero attached hydrogens (tertiary/aromatic N) is 2. The first-order valence-electron chi connectivity index (χ1n) is 7.13. The molecule has 0 saturated carbocycles. The molecule has 0 unspecified atom stereocenters. The molecule has 1 amide bonds. The van der Waals surface area contributed by atoms with E-state index >= 15 is 0 Å². The van der Waals surface area contributed by atoms with Crippen molar-refractivity contribution in [2.75, 3.05) is 20.0 Å². The quantitative estimate of drug-likeness (QED) is 0.777. The van der Waals surface area contributed by atoms with Crippen LogP contribution in [0.5, 0.6) is 11.5 Å². The highest BCUT2D eigenvalue weighted by molar-refractivity contribution is 7.99. The van der Waals surface area contributed by atoms with Crippen LogP contribution in [-0.4, -0.2) is 30.9 Å². The molecule has 0 aliphatic rings. The molecule has 124 valence electrons. The van der Waals surface area contributed by atoms with Crippen LogP contribution >= 0.6 is 11.8 Å². The maximum absolute atomic E-state index is 12.0. The fourth-order valence-electron chi connectivity index (χ4n) is 1.97. The molecule has 0 radical (unpaired) electrons. The molecule has 0 spiro atoms. The van der Waals surface area contributed by atoms with Crippen LogP contribution in [0, 0.1) is 11.3 Å². The van der Waals surface area contributed by atoms with E-state index in [1.165, 1.54) is 11.8 Å². The number of carbonyl (C=O) groups is 1. The first kappa shape index (κ1) is 17.6. The van der Waals surface area contributed by atoms with Gasteiger partial charge in [-0.1, -0.05) is 17.8 Å². The summed E-state index contributed by atoms with van der Waals surface area (Å²) in [6.45, 7) is 0.382. The lowest BCUT2D eigenvalue weighted by atomic mass is 10.2. The van der Waals surface area contributed by atoms with E-state index in [0.29, 0.717) is 28.6 Å². The van der Waals surface area contributed by atoms with E-state index in [1.807, 2.05) is 12.1 Å². The lowest BCUT2D eigenvalue weighted by molar-refractivity contribution is -0.118. The van der Waals surface area contributed by atoms with E-state index < -0.39 is 0 Å². The number of ether oxygens (including phenoxy) is 2. The molecule has 1 N–H and O–H groups in total. The maximum atomic E-state index is 12.0. The van der Waals surface area contributed by atoms with Gasteiger partial charge in [-0.3, -0.25) is 4.79 Å². The summed E-state index contributed by atoms with van der Waals surface area (Å²) in [5, 5.41) is 12.4. The zero-order chi connectivity index (χ0) is 17.4. The van der Waals surface area contributed by atoms with Crippen LogP contribution in [-0.2, 0) is 11.3 Å². The topological polar surface area (TPSA) is 84.2 Å². The average molecular weight is 343 g/mol. The minimum absolute atomic E-state index is 0.135. The van der Waals surface area contributed by atoms with Crippen molar-refractivity contribution in [3.63, 3.8) is 0 Å². The van der Waals surface area contributed by atoms with Crippen molar-refractivity contribution in [1.29, 1.82) is 5.26 Å². The Morgan fingerprint density at radius 2 is 2.08 bits per heavy atom. The highest BCUT2D eigenvalue weighted by atomic mass is 32.2. The first-order chi connectivity index (χ1) is 11.7. The Balaban J connectivity index is 1.88. The van der Waals surface area contributed by atoms with Gasteiger partial charge in [0.25, 0.3) is 0 Å². The molecule has 0 aliphatic heterocycles. The Morgan fingerprint density at radius 1 is 1.29 bits per heavy atom. The van der Waals surface area contributed by atoms with Gasteiger partial charge in [0.05, 0.1) is 25.5 Å². The number of pyridine rings is 1. The number of carbonyl (C=O) groups excluding carboxylic acids is 1. The fraction of sp³-hybridized carbons (Fsp3) is 0.235. The van der Waals surface area contributed by atoms with Crippen LogP contribution < -0.4 is 14.8 Å². The Bertz CT molecular complexity index is 759. The van der Waals surface area contributed by atoms with Gasteiger partial charge in [-0.2, -0.15) is 5.26 Å². The standard InChI is InChI=1S/C17H17N3O3S/c1-22-14-6-5-12(8-15(14)23-2)10-20-16(21)11-24-17-13(9-18)4-3-7-19-17/h3-8H,10-11H2,1-2H3,(H,20,21). The van der Waals surface area contributed by atoms with Gasteiger partial charge >= 0.3 is 0 Å². The Morgan fingerprint density at radius 3 is 2.79 bits per heavy atom. The molecular formula is C17H17N3O3S. The summed E-state index contributed by atoms with van der Waals surface area (Å²) < 4.78 is 10.4. The highest BCUT2D eigenvalue weighted by Gasteiger charge is 2.09. The normalized spacial score (nSPS) is 9.88. The smallest absolute Gasteiger partial charge is 0.230 e. The van der Waals surface area contributed by atoms with Gasteiger partial charge in [0.2, 0.25) is 5.91 Å². The van der Waals surface area contributed by atoms with Crippen LogP contribution in [0.15, 0.2) is 41.6 Å². The van der Waals surface area contributed by atoms with Crippen molar-refractivity contribution in [3.8, 4) is 17.6 Å². The fourth-order valence-corrected chi connectivity index (χ4v) is 2.74. The molecule has 1 aromatic carbocycles. The predicted octanol–water partition coefficient (Wildman–Crippen LogP) is 2.38. The van der Waals surface area contributed by atoms with Gasteiger partial charge in [-0.15, -0.1) is 0 Å². The van der Waals surface area contributed by atoms with Crippen LogP contribution in [0.4, 0.5) is 0 Å². The van der Waals surface area contributed by atoms with Crippen molar-refractivity contribution in [1.82, 2.24) is 10.3 Å². The van der Waals surface area contributed by atoms with E-state index in [0.717, 1.165) is 5.56 Å². The zero-order valence-electron chi connectivity index (χ0n) is 13.4. The van der Waals surface area contributed by atoms with Crippen LogP contribution in [0.3, 0.4) is 0 Å². The third-order valence-electron chi connectivity index (χ3n) is 3.17. The molecule has 0 fully saturated rings. The number of hydrogen-bond donors (Lipinski definition) is 1. The van der Waals surface area contributed by atoms with Gasteiger partial charge in [-0.25, -0.2) is 4.98 Å². The Kier molecular flexibility index (Phi) is 6.46. The third-order valence-corrected chi connectivity index (χ3v) is 4.17. The van der Waals surface area contributed by atoms with E-state index in [1.54, 1.807) is 38.6 Å². The van der Waals surface area contributed by atoms with Crippen LogP contribution in [0.2, 0.25) is 0 Å². The van der Waals surface area contributed by atoms with Gasteiger partial charge in [-0.05, 0) is 29.8 Å². The summed E-state index contributed by atoms with van der Waals surface area (Å²) in [6, 6.07) is 10.9. The van der Waals surface area contributed by atoms with E-state index in [-0.39, 0.29) is 11.7 Å². The number of thioether (sulfide) groups is 1. The number of nitriles is 1. The second-order valence-corrected chi connectivity index (χ2v) is 5.69. The minimum Gasteiger partial charge on any atom is -0.493 e. The molecular weight excluding hydrogens is 326 g/mol. The lowest BCUT2D eigenvalue weighted by Crippen LogP contribution is -2.24. The van der Waals surface area contributed by atoms with Crippen LogP contribution in [0.25, 0.3) is 0 Å². The van der Waals surface area contributed by atoms with Crippen molar-refractivity contribution in [2.45, 2.75) is 11.6 Å². The maximum Gasteiger partial charge on any atom is 0.230 e. The summed E-state index contributed by atoms with van der Waals surface area (Å²) in [6.07, 6.45) is 1.60. The number of benzene rings is 1. The number of aromatic nitrogens is 1. The van der Waals surface area contributed by atoms with E-state index in [2.05, 4.69) is 16.4 Å². The largest absolute Gasteiger partial charge is 0.493 e. The molecule has 2 aromatic rings. The molecule has 1 aromatic heterocycles. The Labute approximate surface area is 144 Å². The van der Waals surface area contributed by atoms with Crippen molar-refractivity contribution in [2.24, 2.45) is 0 Å². The Hall–Kier alpha value is -2.72. The summed E-state index contributed by atoms with van der Waals surface area (Å²) in [5.74, 6) is 1.32. The zero-order valence-corrected chi connectivity index (χ0v) is 14.2. The molecule has 0 saturated heterocycles. The van der Waals surface area contributed by atoms with E-state index in [4.69, 9.17) is 14.7 Å². The lowest BCUT2D eigenvalue weighted by Gasteiger charge is -2.10. The molecule has 0 aliphatic carbocycles. The van der Waals surface area contributed by atoms with Crippen molar-refractivity contribution >= 4 is 17.7 Å². The number of rotatable bonds is 7. The number of methoxy groups -OCH3 is 2. The van der Waals surface area contributed by atoms with Crippen LogP contribution in [0.1, 0.15) is 11.1 Å². The third kappa shape index (κ3) is 4.64. The molecule has 2 rings (SSSR count). The van der Waals surface area contributed by atoms with Gasteiger partial charge in [0.15, 0.2) is 11.5 Å². The number of nitrogens with one attached hydrogen (secondary N) is 1. The van der Waals surface area contributed by atoms with Gasteiger partial charge in [0, 0.05) is 12.7 Å². The monoisotopic (exact) mass is 343 g/mol. The second kappa shape index (κ2) is 8.79. The highest BCUT2D eigenvalue weighted by Crippen LogP contribution is 2.27. The first-order valence-corrected chi connectivity index (χ1v) is 8.12. The SMILES string of the molecule is COc1ccc(CNC(=O)CSc2ncccc2C#N)cc1OC. The molecule has 0 atom stereocenters. The molecule has 0 bridgehead atoms. The molecule has 6 nitrogen and oxygen atoms in total. The van der Waals surface area contributed by atoms with E-state index in [9.17, 15) is 4.79 Å². The second-order valence-electron chi connectivity index (χ2n) is 4.72. The predicted molar refractivity (Wildman–Crippen MR) is 91.1 cm³/mol. The minimum atomic E-state index is -0.135. The summed E-state index contributed by atoms with van der Waals surface area (Å²) in [4.78, 5) is 16.1. The molecule has 7 heteroatoms. The van der Waals surface area contributed by atoms with Gasteiger partial charge < -0.3 is 14.8 Å².